The van der Waals surface area contributed by atoms with Crippen LogP contribution in [0.4, 0.5) is 0 Å². The van der Waals surface area contributed by atoms with Gasteiger partial charge in [0.25, 0.3) is 0 Å². The van der Waals surface area contributed by atoms with E-state index in [1.54, 1.807) is 22.7 Å². The minimum Gasteiger partial charge on any atom is -0.427 e. The van der Waals surface area contributed by atoms with Crippen molar-refractivity contribution in [3.8, 4) is 0 Å². The molecule has 0 aliphatic carbocycles. The van der Waals surface area contributed by atoms with E-state index in [-0.39, 0.29) is 19.5 Å². The molecule has 108 valence electrons. The molecule has 0 unspecified atom stereocenters. The van der Waals surface area contributed by atoms with Gasteiger partial charge in [0.1, 0.15) is 0 Å². The first-order chi connectivity index (χ1) is 9.55. The predicted molar refractivity (Wildman–Crippen MR) is 94.4 cm³/mol. The summed E-state index contributed by atoms with van der Waals surface area (Å²) in [6.45, 7) is 4.18. The SMILES string of the molecule is CCc1cc(C=N)c([S-])s1.CCc1cc(C=N)c([S-])s1.[Zn+2]. The van der Waals surface area contributed by atoms with Gasteiger partial charge in [0.15, 0.2) is 0 Å². The topological polar surface area (TPSA) is 47.7 Å². The maximum atomic E-state index is 6.99. The maximum absolute atomic E-state index is 6.99. The summed E-state index contributed by atoms with van der Waals surface area (Å²) >= 11 is 13.2. The third-order valence-electron chi connectivity index (χ3n) is 2.56. The van der Waals surface area contributed by atoms with E-state index in [4.69, 9.17) is 36.1 Å². The summed E-state index contributed by atoms with van der Waals surface area (Å²) in [5.74, 6) is 0. The Balaban J connectivity index is 0.000000364. The molecule has 2 heterocycles. The number of thiophene rings is 2. The fraction of sp³-hybridized carbons (Fsp3) is 0.286. The molecular weight excluding hydrogens is 390 g/mol. The second-order valence-electron chi connectivity index (χ2n) is 3.91. The van der Waals surface area contributed by atoms with Crippen LogP contribution < -0.4 is 0 Å². The molecule has 0 aliphatic rings. The van der Waals surface area contributed by atoms with Crippen LogP contribution in [0, 0.1) is 10.8 Å². The van der Waals surface area contributed by atoms with E-state index < -0.39 is 0 Å². The molecule has 2 aromatic heterocycles. The number of hydrogen-bond donors (Lipinski definition) is 2. The Hall–Kier alpha value is -0.197. The molecule has 0 aromatic carbocycles. The average Bonchev–Trinajstić information content (AvgIpc) is 3.01. The number of rotatable bonds is 4. The summed E-state index contributed by atoms with van der Waals surface area (Å²) in [6, 6.07) is 3.97. The van der Waals surface area contributed by atoms with Crippen LogP contribution >= 0.6 is 22.7 Å². The van der Waals surface area contributed by atoms with Crippen molar-refractivity contribution in [2.75, 3.05) is 0 Å². The fourth-order valence-corrected chi connectivity index (χ4v) is 3.92. The van der Waals surface area contributed by atoms with Gasteiger partial charge in [-0.15, -0.1) is 8.42 Å². The van der Waals surface area contributed by atoms with Gasteiger partial charge in [0.2, 0.25) is 0 Å². The minimum absolute atomic E-state index is 0. The van der Waals surface area contributed by atoms with Crippen LogP contribution in [-0.4, -0.2) is 12.4 Å². The zero-order valence-electron chi connectivity index (χ0n) is 12.1. The molecule has 0 aliphatic heterocycles. The zero-order chi connectivity index (χ0) is 15.1. The molecule has 0 radical (unpaired) electrons. The van der Waals surface area contributed by atoms with E-state index in [9.17, 15) is 0 Å². The molecule has 2 rings (SSSR count). The Morgan fingerprint density at radius 2 is 1.24 bits per heavy atom. The Labute approximate surface area is 158 Å². The Bertz CT molecular complexity index is 538. The van der Waals surface area contributed by atoms with Crippen LogP contribution in [0.25, 0.3) is 0 Å². The van der Waals surface area contributed by atoms with Gasteiger partial charge in [0.05, 0.1) is 0 Å². The first-order valence-corrected chi connectivity index (χ1v) is 8.60. The van der Waals surface area contributed by atoms with E-state index in [1.807, 2.05) is 12.1 Å². The molecule has 7 heteroatoms. The van der Waals surface area contributed by atoms with Crippen molar-refractivity contribution in [3.63, 3.8) is 0 Å². The largest absolute Gasteiger partial charge is 2.00 e. The molecule has 2 aromatic rings. The molecule has 2 nitrogen and oxygen atoms in total. The van der Waals surface area contributed by atoms with Gasteiger partial charge in [0, 0.05) is 12.4 Å². The monoisotopic (exact) mass is 404 g/mol. The summed E-state index contributed by atoms with van der Waals surface area (Å²) < 4.78 is 1.68. The molecule has 0 saturated carbocycles. The van der Waals surface area contributed by atoms with Crippen LogP contribution in [0.3, 0.4) is 0 Å². The van der Waals surface area contributed by atoms with Gasteiger partial charge in [-0.3, -0.25) is 0 Å². The Morgan fingerprint density at radius 1 is 0.905 bits per heavy atom. The van der Waals surface area contributed by atoms with Gasteiger partial charge in [-0.05, 0) is 24.0 Å². The summed E-state index contributed by atoms with van der Waals surface area (Å²) in [6.07, 6.45) is 4.67. The third kappa shape index (κ3) is 6.21. The molecule has 0 bridgehead atoms. The van der Waals surface area contributed by atoms with Crippen LogP contribution in [-0.2, 0) is 57.6 Å². The third-order valence-corrected chi connectivity index (χ3v) is 5.71. The summed E-state index contributed by atoms with van der Waals surface area (Å²) in [5.41, 5.74) is 1.77. The quantitative estimate of drug-likeness (QED) is 0.449. The van der Waals surface area contributed by atoms with Gasteiger partial charge >= 0.3 is 19.5 Å². The van der Waals surface area contributed by atoms with Gasteiger partial charge in [-0.1, -0.05) is 35.7 Å². The standard InChI is InChI=1S/2C7H9NS2.Zn/c2*1-2-6-3-5(4-8)7(9)10-6;/h2*3-4,8-9H,2H2,1H3;/q;;+2/p-2. The van der Waals surface area contributed by atoms with E-state index in [0.29, 0.717) is 0 Å². The molecule has 0 fully saturated rings. The molecule has 0 atom stereocenters. The van der Waals surface area contributed by atoms with E-state index >= 15 is 0 Å². The van der Waals surface area contributed by atoms with Crippen LogP contribution in [0.5, 0.6) is 0 Å². The fourth-order valence-electron chi connectivity index (χ4n) is 1.43. The summed E-state index contributed by atoms with van der Waals surface area (Å²) in [5, 5.41) is 14.0. The minimum atomic E-state index is 0. The zero-order valence-corrected chi connectivity index (χ0v) is 18.3. The van der Waals surface area contributed by atoms with Crippen molar-refractivity contribution in [1.29, 1.82) is 10.8 Å². The molecule has 2 N–H and O–H groups in total. The van der Waals surface area contributed by atoms with E-state index in [2.05, 4.69) is 13.8 Å². The van der Waals surface area contributed by atoms with Gasteiger partial charge < -0.3 is 58.7 Å². The van der Waals surface area contributed by atoms with Crippen LogP contribution in [0.1, 0.15) is 34.7 Å². The van der Waals surface area contributed by atoms with Crippen LogP contribution in [0.15, 0.2) is 20.6 Å². The Kier molecular flexibility index (Phi) is 10.4. The van der Waals surface area contributed by atoms with Gasteiger partial charge in [-0.2, -0.15) is 0 Å². The molecular formula is C14H16N2S4Zn. The first-order valence-electron chi connectivity index (χ1n) is 6.16. The van der Waals surface area contributed by atoms with Crippen molar-refractivity contribution in [3.05, 3.63) is 33.0 Å². The van der Waals surface area contributed by atoms with Crippen molar-refractivity contribution in [2.45, 2.75) is 35.1 Å². The number of aryl methyl sites for hydroxylation is 2. The number of hydrogen-bond acceptors (Lipinski definition) is 6. The normalized spacial score (nSPS) is 9.24. The average molecular weight is 406 g/mol. The number of nitrogens with one attached hydrogen (secondary N) is 2. The predicted octanol–water partition coefficient (Wildman–Crippen LogP) is 4.43. The molecule has 0 spiro atoms. The second kappa shape index (κ2) is 10.5. The summed E-state index contributed by atoms with van der Waals surface area (Å²) in [4.78, 5) is 2.53. The van der Waals surface area contributed by atoms with Crippen molar-refractivity contribution >= 4 is 60.4 Å². The molecule has 21 heavy (non-hydrogen) atoms. The van der Waals surface area contributed by atoms with Gasteiger partial charge in [-0.25, -0.2) is 0 Å². The maximum Gasteiger partial charge on any atom is 2.00 e. The first kappa shape index (κ1) is 20.8. The molecule has 0 amide bonds. The van der Waals surface area contributed by atoms with E-state index in [1.165, 1.54) is 22.2 Å². The molecule has 0 saturated heterocycles. The van der Waals surface area contributed by atoms with Crippen molar-refractivity contribution in [1.82, 2.24) is 0 Å². The van der Waals surface area contributed by atoms with Crippen LogP contribution in [0.2, 0.25) is 0 Å². The van der Waals surface area contributed by atoms with E-state index in [0.717, 1.165) is 32.4 Å². The van der Waals surface area contributed by atoms with Crippen molar-refractivity contribution < 1.29 is 19.5 Å². The Morgan fingerprint density at radius 3 is 1.38 bits per heavy atom. The van der Waals surface area contributed by atoms with Crippen molar-refractivity contribution in [2.24, 2.45) is 0 Å². The second-order valence-corrected chi connectivity index (χ2v) is 7.51. The summed E-state index contributed by atoms with van der Waals surface area (Å²) in [7, 11) is 0. The smallest absolute Gasteiger partial charge is 0.427 e.